The maximum Gasteiger partial charge on any atom is 0.260 e. The standard InChI is InChI=1S/C43H37Cl2N3O9/c1-21(49)22-5-10-25(11-6-22)47-39(51)29-15-14-28-30(36(29)41(47)53)20-31-40(52)48(46-33-16-9-24(44)17-32(33)45)42(54)43(31,23-7-12-26(55-2)13-8-23)38(28)37-34(50)18-27(56-3)19-35(37)57-4/h5-14,16-19,29-31,36,38,46,50H,15,20H2,1-4H3/t29-,30+,31-,36-,38+,43+/m0/s1. The third kappa shape index (κ3) is 5.75. The number of rotatable bonds is 9. The van der Waals surface area contributed by atoms with Crippen molar-refractivity contribution < 1.29 is 43.3 Å². The summed E-state index contributed by atoms with van der Waals surface area (Å²) in [6.45, 7) is 1.43. The van der Waals surface area contributed by atoms with Gasteiger partial charge in [0.05, 0.1) is 60.9 Å². The van der Waals surface area contributed by atoms with E-state index in [9.17, 15) is 19.5 Å². The number of halogens is 2. The van der Waals surface area contributed by atoms with Gasteiger partial charge in [-0.3, -0.25) is 34.3 Å². The number of ketones is 1. The van der Waals surface area contributed by atoms with Crippen molar-refractivity contribution in [2.45, 2.75) is 31.1 Å². The van der Waals surface area contributed by atoms with E-state index in [0.29, 0.717) is 33.2 Å². The molecule has 0 radical (unpaired) electrons. The molecule has 4 aromatic rings. The maximum atomic E-state index is 15.6. The zero-order chi connectivity index (χ0) is 40.5. The highest BCUT2D eigenvalue weighted by Gasteiger charge is 2.71. The molecule has 1 saturated carbocycles. The number of amides is 4. The van der Waals surface area contributed by atoms with Gasteiger partial charge in [0, 0.05) is 34.2 Å². The highest BCUT2D eigenvalue weighted by Crippen LogP contribution is 2.66. The number of phenolic OH excluding ortho intramolecular Hbond substituents is 1. The number of nitrogens with zero attached hydrogens (tertiary/aromatic N) is 2. The van der Waals surface area contributed by atoms with Crippen LogP contribution in [0.2, 0.25) is 10.0 Å². The molecular weight excluding hydrogens is 773 g/mol. The summed E-state index contributed by atoms with van der Waals surface area (Å²) in [4.78, 5) is 72.7. The third-order valence-electron chi connectivity index (χ3n) is 12.0. The van der Waals surface area contributed by atoms with Gasteiger partial charge in [-0.05, 0) is 85.8 Å². The van der Waals surface area contributed by atoms with Gasteiger partial charge >= 0.3 is 0 Å². The van der Waals surface area contributed by atoms with Gasteiger partial charge in [0.15, 0.2) is 5.78 Å². The highest BCUT2D eigenvalue weighted by atomic mass is 35.5. The van der Waals surface area contributed by atoms with Gasteiger partial charge < -0.3 is 19.3 Å². The van der Waals surface area contributed by atoms with Gasteiger partial charge in [-0.15, -0.1) is 0 Å². The van der Waals surface area contributed by atoms with E-state index in [4.69, 9.17) is 37.4 Å². The monoisotopic (exact) mass is 809 g/mol. The van der Waals surface area contributed by atoms with Gasteiger partial charge in [0.2, 0.25) is 11.8 Å². The number of imide groups is 2. The van der Waals surface area contributed by atoms with Crippen LogP contribution in [0.15, 0.2) is 90.5 Å². The van der Waals surface area contributed by atoms with Crippen LogP contribution in [0.25, 0.3) is 0 Å². The molecule has 0 aromatic heterocycles. The van der Waals surface area contributed by atoms with E-state index in [2.05, 4.69) is 5.43 Å². The predicted octanol–water partition coefficient (Wildman–Crippen LogP) is 7.12. The van der Waals surface area contributed by atoms with Crippen LogP contribution < -0.4 is 24.5 Å². The third-order valence-corrected chi connectivity index (χ3v) is 12.5. The molecular formula is C43H37Cl2N3O9. The molecule has 57 heavy (non-hydrogen) atoms. The number of hydrogen-bond donors (Lipinski definition) is 2. The van der Waals surface area contributed by atoms with Crippen LogP contribution in [0.5, 0.6) is 23.0 Å². The smallest absolute Gasteiger partial charge is 0.260 e. The van der Waals surface area contributed by atoms with Crippen molar-refractivity contribution >= 4 is 64.0 Å². The van der Waals surface area contributed by atoms with Gasteiger partial charge in [0.25, 0.3) is 11.8 Å². The Morgan fingerprint density at radius 1 is 0.825 bits per heavy atom. The van der Waals surface area contributed by atoms with Crippen LogP contribution in [0.1, 0.15) is 47.2 Å². The lowest BCUT2D eigenvalue weighted by Gasteiger charge is -2.50. The quantitative estimate of drug-likeness (QED) is 0.102. The summed E-state index contributed by atoms with van der Waals surface area (Å²) in [6.07, 6.45) is 2.02. The zero-order valence-corrected chi connectivity index (χ0v) is 32.8. The van der Waals surface area contributed by atoms with E-state index in [1.165, 1.54) is 40.4 Å². The fraction of sp³-hybridized carbons (Fsp3) is 0.279. The van der Waals surface area contributed by atoms with E-state index in [-0.39, 0.29) is 52.1 Å². The van der Waals surface area contributed by atoms with Crippen LogP contribution in [0, 0.1) is 23.7 Å². The fourth-order valence-electron chi connectivity index (χ4n) is 9.42. The van der Waals surface area contributed by atoms with Crippen molar-refractivity contribution in [3.05, 3.63) is 117 Å². The minimum atomic E-state index is -1.74. The fourth-order valence-corrected chi connectivity index (χ4v) is 9.87. The molecule has 0 unspecified atom stereocenters. The SMILES string of the molecule is COc1ccc([C@@]23C(=O)N(Nc4ccc(Cl)cc4Cl)C(=O)[C@@H]2C[C@@H]2C(=CC[C@@H]4C(=O)N(c5ccc(C(C)=O)cc5)C(=O)[C@@H]42)[C@@H]3c2c(O)cc(OC)cc2OC)cc1. The first-order valence-electron chi connectivity index (χ1n) is 18.2. The van der Waals surface area contributed by atoms with Crippen LogP contribution in [-0.2, 0) is 24.6 Å². The topological polar surface area (TPSA) is 152 Å². The van der Waals surface area contributed by atoms with Crippen molar-refractivity contribution in [3.63, 3.8) is 0 Å². The van der Waals surface area contributed by atoms with Crippen LogP contribution in [0.3, 0.4) is 0 Å². The summed E-state index contributed by atoms with van der Waals surface area (Å²) < 4.78 is 16.9. The molecule has 2 saturated heterocycles. The molecule has 6 atom stereocenters. The molecule has 292 valence electrons. The van der Waals surface area contributed by atoms with Gasteiger partial charge in [-0.25, -0.2) is 0 Å². The first-order chi connectivity index (χ1) is 27.3. The molecule has 8 rings (SSSR count). The Labute approximate surface area is 337 Å². The normalized spacial score (nSPS) is 25.1. The second kappa shape index (κ2) is 14.3. The number of phenols is 1. The first kappa shape index (κ1) is 38.0. The van der Waals surface area contributed by atoms with Crippen molar-refractivity contribution in [1.29, 1.82) is 0 Å². The van der Waals surface area contributed by atoms with E-state index >= 15 is 9.59 Å². The number of aromatic hydroxyl groups is 1. The van der Waals surface area contributed by atoms with E-state index in [1.807, 2.05) is 6.08 Å². The Kier molecular flexibility index (Phi) is 9.52. The van der Waals surface area contributed by atoms with Crippen LogP contribution in [0.4, 0.5) is 11.4 Å². The number of ether oxygens (including phenoxy) is 3. The molecule has 4 aromatic carbocycles. The number of hydrogen-bond acceptors (Lipinski definition) is 10. The number of hydrazine groups is 1. The molecule has 2 aliphatic carbocycles. The largest absolute Gasteiger partial charge is 0.507 e. The molecule has 2 N–H and O–H groups in total. The van der Waals surface area contributed by atoms with Crippen molar-refractivity contribution in [3.8, 4) is 23.0 Å². The first-order valence-corrected chi connectivity index (χ1v) is 19.0. The maximum absolute atomic E-state index is 15.6. The molecule has 3 fully saturated rings. The molecule has 12 nitrogen and oxygen atoms in total. The second-order valence-corrected chi connectivity index (χ2v) is 15.4. The Bertz CT molecular complexity index is 2400. The molecule has 2 aliphatic heterocycles. The summed E-state index contributed by atoms with van der Waals surface area (Å²) >= 11 is 12.7. The number of allylic oxidation sites excluding steroid dienone is 2. The van der Waals surface area contributed by atoms with Gasteiger partial charge in [0.1, 0.15) is 23.0 Å². The van der Waals surface area contributed by atoms with Gasteiger partial charge in [-0.2, -0.15) is 5.01 Å². The number of Topliss-reactive ketones (excluding diaryl/α,β-unsaturated/α-hetero) is 1. The summed E-state index contributed by atoms with van der Waals surface area (Å²) in [5, 5.41) is 13.4. The Morgan fingerprint density at radius 2 is 1.53 bits per heavy atom. The lowest BCUT2D eigenvalue weighted by atomic mass is 9.49. The van der Waals surface area contributed by atoms with E-state index < -0.39 is 58.6 Å². The lowest BCUT2D eigenvalue weighted by Crippen LogP contribution is -2.53. The summed E-state index contributed by atoms with van der Waals surface area (Å²) in [5.74, 6) is -6.22. The van der Waals surface area contributed by atoms with E-state index in [1.54, 1.807) is 66.7 Å². The molecule has 4 aliphatic rings. The van der Waals surface area contributed by atoms with Crippen molar-refractivity contribution in [1.82, 2.24) is 5.01 Å². The van der Waals surface area contributed by atoms with Crippen molar-refractivity contribution in [2.75, 3.05) is 31.7 Å². The molecule has 4 amide bonds. The Balaban J connectivity index is 1.35. The number of methoxy groups -OCH3 is 3. The van der Waals surface area contributed by atoms with Crippen molar-refractivity contribution in [2.24, 2.45) is 23.7 Å². The zero-order valence-electron chi connectivity index (χ0n) is 31.2. The van der Waals surface area contributed by atoms with E-state index in [0.717, 1.165) is 9.91 Å². The average molecular weight is 811 g/mol. The summed E-state index contributed by atoms with van der Waals surface area (Å²) in [5.41, 5.74) is 3.47. The minimum Gasteiger partial charge on any atom is -0.507 e. The van der Waals surface area contributed by atoms with Crippen LogP contribution in [-0.4, -0.2) is 60.9 Å². The Morgan fingerprint density at radius 3 is 2.16 bits per heavy atom. The number of fused-ring (bicyclic) bond motifs is 4. The molecule has 2 heterocycles. The minimum absolute atomic E-state index is 0.00198. The number of anilines is 2. The second-order valence-electron chi connectivity index (χ2n) is 14.6. The lowest BCUT2D eigenvalue weighted by molar-refractivity contribution is -0.138. The summed E-state index contributed by atoms with van der Waals surface area (Å²) in [6, 6.07) is 20.7. The average Bonchev–Trinajstić information content (AvgIpc) is 3.59. The number of benzene rings is 4. The number of carbonyl (C=O) groups excluding carboxylic acids is 5. The number of carbonyl (C=O) groups is 5. The molecule has 0 spiro atoms. The van der Waals surface area contributed by atoms with Gasteiger partial charge in [-0.1, -0.05) is 47.0 Å². The molecule has 0 bridgehead atoms. The summed E-state index contributed by atoms with van der Waals surface area (Å²) in [7, 11) is 4.38. The molecule has 14 heteroatoms. The number of nitrogens with one attached hydrogen (secondary N) is 1. The predicted molar refractivity (Wildman–Crippen MR) is 211 cm³/mol. The Hall–Kier alpha value is -5.85. The highest BCUT2D eigenvalue weighted by molar-refractivity contribution is 6.36. The van der Waals surface area contributed by atoms with Crippen LogP contribution >= 0.6 is 23.2 Å².